The quantitative estimate of drug-likeness (QED) is 0.407. The first-order valence-corrected chi connectivity index (χ1v) is 9.74. The van der Waals surface area contributed by atoms with Gasteiger partial charge in [0.2, 0.25) is 0 Å². The molecule has 2 N–H and O–H groups in total. The van der Waals surface area contributed by atoms with Crippen molar-refractivity contribution in [1.82, 2.24) is 5.32 Å². The monoisotopic (exact) mass is 486 g/mol. The van der Waals surface area contributed by atoms with Crippen LogP contribution in [0.2, 0.25) is 15.1 Å². The van der Waals surface area contributed by atoms with Crippen molar-refractivity contribution in [2.24, 2.45) is 0 Å². The Morgan fingerprint density at radius 3 is 2.00 bits per heavy atom. The fourth-order valence-electron chi connectivity index (χ4n) is 2.83. The molecule has 3 rings (SSSR count). The standard InChI is InChI=1S/C21H12Cl3F3N2O2/c22-15-8-4-2-6-13(15)19(30)29-20(31)28-11-9-16(23)18(17(24)10-11)12-5-1-3-7-14(12)21(25,26)27/h1-10H,(H2,28,29,30,31). The average molecular weight is 488 g/mol. The lowest BCUT2D eigenvalue weighted by molar-refractivity contribution is -0.137. The fraction of sp³-hybridized carbons (Fsp3) is 0.0476. The van der Waals surface area contributed by atoms with E-state index in [1.54, 1.807) is 12.1 Å². The van der Waals surface area contributed by atoms with Crippen LogP contribution in [-0.4, -0.2) is 11.9 Å². The van der Waals surface area contributed by atoms with E-state index in [0.29, 0.717) is 0 Å². The molecule has 0 bridgehead atoms. The van der Waals surface area contributed by atoms with Crippen molar-refractivity contribution in [1.29, 1.82) is 0 Å². The summed E-state index contributed by atoms with van der Waals surface area (Å²) in [6.07, 6.45) is -4.61. The normalized spacial score (nSPS) is 11.2. The van der Waals surface area contributed by atoms with E-state index in [4.69, 9.17) is 34.8 Å². The van der Waals surface area contributed by atoms with Gasteiger partial charge in [-0.3, -0.25) is 10.1 Å². The first-order chi connectivity index (χ1) is 14.6. The largest absolute Gasteiger partial charge is 0.417 e. The molecular weight excluding hydrogens is 476 g/mol. The zero-order chi connectivity index (χ0) is 22.8. The Morgan fingerprint density at radius 2 is 1.39 bits per heavy atom. The summed E-state index contributed by atoms with van der Waals surface area (Å²) in [7, 11) is 0. The Labute approximate surface area is 189 Å². The maximum absolute atomic E-state index is 13.3. The highest BCUT2D eigenvalue weighted by molar-refractivity contribution is 6.40. The predicted molar refractivity (Wildman–Crippen MR) is 115 cm³/mol. The lowest BCUT2D eigenvalue weighted by Gasteiger charge is -2.16. The third-order valence-corrected chi connectivity index (χ3v) is 5.07. The molecule has 0 spiro atoms. The van der Waals surface area contributed by atoms with Gasteiger partial charge in [-0.15, -0.1) is 0 Å². The van der Waals surface area contributed by atoms with Crippen LogP contribution in [0.1, 0.15) is 15.9 Å². The van der Waals surface area contributed by atoms with Gasteiger partial charge in [0.1, 0.15) is 0 Å². The topological polar surface area (TPSA) is 58.2 Å². The molecule has 0 unspecified atom stereocenters. The number of anilines is 1. The SMILES string of the molecule is O=C(NC(=O)c1ccccc1Cl)Nc1cc(Cl)c(-c2ccccc2C(F)(F)F)c(Cl)c1. The summed E-state index contributed by atoms with van der Waals surface area (Å²) in [4.78, 5) is 24.3. The number of carbonyl (C=O) groups excluding carboxylic acids is 2. The van der Waals surface area contributed by atoms with Crippen molar-refractivity contribution in [3.63, 3.8) is 0 Å². The highest BCUT2D eigenvalue weighted by Gasteiger charge is 2.34. The van der Waals surface area contributed by atoms with Gasteiger partial charge in [0.15, 0.2) is 0 Å². The van der Waals surface area contributed by atoms with E-state index in [0.717, 1.165) is 6.07 Å². The molecule has 10 heteroatoms. The summed E-state index contributed by atoms with van der Waals surface area (Å²) < 4.78 is 40.0. The van der Waals surface area contributed by atoms with Crippen molar-refractivity contribution >= 4 is 52.4 Å². The second-order valence-electron chi connectivity index (χ2n) is 6.25. The number of amides is 3. The number of halogens is 6. The summed E-state index contributed by atoms with van der Waals surface area (Å²) in [5.74, 6) is -0.740. The summed E-state index contributed by atoms with van der Waals surface area (Å²) >= 11 is 18.3. The van der Waals surface area contributed by atoms with Crippen LogP contribution in [-0.2, 0) is 6.18 Å². The van der Waals surface area contributed by atoms with Crippen LogP contribution in [0.3, 0.4) is 0 Å². The Kier molecular flexibility index (Phi) is 6.79. The van der Waals surface area contributed by atoms with Gasteiger partial charge in [0.25, 0.3) is 5.91 Å². The van der Waals surface area contributed by atoms with Crippen molar-refractivity contribution in [2.45, 2.75) is 6.18 Å². The van der Waals surface area contributed by atoms with Crippen LogP contribution in [0.15, 0.2) is 60.7 Å². The molecule has 3 amide bonds. The molecule has 3 aromatic carbocycles. The highest BCUT2D eigenvalue weighted by atomic mass is 35.5. The molecule has 0 aliphatic rings. The molecule has 0 aliphatic carbocycles. The maximum atomic E-state index is 13.3. The van der Waals surface area contributed by atoms with Crippen LogP contribution < -0.4 is 10.6 Å². The highest BCUT2D eigenvalue weighted by Crippen LogP contribution is 2.43. The van der Waals surface area contributed by atoms with Gasteiger partial charge in [0, 0.05) is 11.3 Å². The molecule has 0 aromatic heterocycles. The van der Waals surface area contributed by atoms with Crippen LogP contribution >= 0.6 is 34.8 Å². The molecule has 3 aromatic rings. The number of urea groups is 1. The molecule has 0 heterocycles. The maximum Gasteiger partial charge on any atom is 0.417 e. The third kappa shape index (κ3) is 5.31. The smallest absolute Gasteiger partial charge is 0.308 e. The molecule has 0 saturated carbocycles. The van der Waals surface area contributed by atoms with Gasteiger partial charge in [-0.1, -0.05) is 65.1 Å². The van der Waals surface area contributed by atoms with E-state index < -0.39 is 23.7 Å². The van der Waals surface area contributed by atoms with Crippen LogP contribution in [0.25, 0.3) is 11.1 Å². The number of imide groups is 1. The van der Waals surface area contributed by atoms with Gasteiger partial charge in [-0.2, -0.15) is 13.2 Å². The second kappa shape index (κ2) is 9.18. The van der Waals surface area contributed by atoms with Crippen LogP contribution in [0.4, 0.5) is 23.7 Å². The Morgan fingerprint density at radius 1 is 0.806 bits per heavy atom. The van der Waals surface area contributed by atoms with Crippen molar-refractivity contribution in [2.75, 3.05) is 5.32 Å². The van der Waals surface area contributed by atoms with E-state index in [1.807, 2.05) is 0 Å². The summed E-state index contributed by atoms with van der Waals surface area (Å²) in [6.45, 7) is 0. The summed E-state index contributed by atoms with van der Waals surface area (Å²) in [6, 6.07) is 12.5. The number of carbonyl (C=O) groups is 2. The number of hydrogen-bond donors (Lipinski definition) is 2. The van der Waals surface area contributed by atoms with E-state index in [1.165, 1.54) is 42.5 Å². The number of alkyl halides is 3. The second-order valence-corrected chi connectivity index (χ2v) is 7.47. The molecule has 160 valence electrons. The molecule has 0 atom stereocenters. The molecule has 0 fully saturated rings. The lowest BCUT2D eigenvalue weighted by Crippen LogP contribution is -2.34. The van der Waals surface area contributed by atoms with Crippen LogP contribution in [0.5, 0.6) is 0 Å². The first kappa shape index (κ1) is 22.9. The van der Waals surface area contributed by atoms with Crippen molar-refractivity contribution < 1.29 is 22.8 Å². The fourth-order valence-corrected chi connectivity index (χ4v) is 3.74. The van der Waals surface area contributed by atoms with E-state index in [-0.39, 0.29) is 37.4 Å². The zero-order valence-corrected chi connectivity index (χ0v) is 17.6. The minimum Gasteiger partial charge on any atom is -0.308 e. The van der Waals surface area contributed by atoms with E-state index >= 15 is 0 Å². The van der Waals surface area contributed by atoms with Gasteiger partial charge in [-0.05, 0) is 35.9 Å². The first-order valence-electron chi connectivity index (χ1n) is 8.60. The van der Waals surface area contributed by atoms with E-state index in [9.17, 15) is 22.8 Å². The summed E-state index contributed by atoms with van der Waals surface area (Å²) in [5.41, 5.74) is -0.964. The van der Waals surface area contributed by atoms with Crippen molar-refractivity contribution in [3.8, 4) is 11.1 Å². The van der Waals surface area contributed by atoms with Gasteiger partial charge >= 0.3 is 12.2 Å². The molecule has 0 aliphatic heterocycles. The molecule has 31 heavy (non-hydrogen) atoms. The number of hydrogen-bond acceptors (Lipinski definition) is 2. The third-order valence-electron chi connectivity index (χ3n) is 4.15. The van der Waals surface area contributed by atoms with E-state index in [2.05, 4.69) is 10.6 Å². The molecule has 0 radical (unpaired) electrons. The molecule has 0 saturated heterocycles. The number of benzene rings is 3. The van der Waals surface area contributed by atoms with Gasteiger partial charge < -0.3 is 5.32 Å². The van der Waals surface area contributed by atoms with Gasteiger partial charge in [0.05, 0.1) is 26.2 Å². The summed E-state index contributed by atoms with van der Waals surface area (Å²) in [5, 5.41) is 4.38. The zero-order valence-electron chi connectivity index (χ0n) is 15.4. The predicted octanol–water partition coefficient (Wildman–Crippen LogP) is 7.29. The Balaban J connectivity index is 1.84. The van der Waals surface area contributed by atoms with Crippen LogP contribution in [0, 0.1) is 0 Å². The molecular formula is C21H12Cl3F3N2O2. The minimum absolute atomic E-state index is 0.0330. The lowest BCUT2D eigenvalue weighted by atomic mass is 9.99. The number of nitrogens with one attached hydrogen (secondary N) is 2. The van der Waals surface area contributed by atoms with Crippen molar-refractivity contribution in [3.05, 3.63) is 86.9 Å². The Bertz CT molecular complexity index is 1140. The minimum atomic E-state index is -4.61. The number of rotatable bonds is 3. The van der Waals surface area contributed by atoms with Gasteiger partial charge in [-0.25, -0.2) is 4.79 Å². The Hall–Kier alpha value is -2.74. The average Bonchev–Trinajstić information content (AvgIpc) is 2.67. The molecule has 4 nitrogen and oxygen atoms in total.